The Balaban J connectivity index is 1.76. The van der Waals surface area contributed by atoms with Crippen molar-refractivity contribution in [1.82, 2.24) is 4.90 Å². The lowest BCUT2D eigenvalue weighted by molar-refractivity contribution is -0.232. The lowest BCUT2D eigenvalue weighted by atomic mass is 9.90. The highest BCUT2D eigenvalue weighted by molar-refractivity contribution is 5.79. The van der Waals surface area contributed by atoms with Crippen LogP contribution in [0, 0.1) is 0 Å². The molecule has 0 bridgehead atoms. The summed E-state index contributed by atoms with van der Waals surface area (Å²) in [7, 11) is 1.63. The van der Waals surface area contributed by atoms with Crippen LogP contribution in [0.4, 0.5) is 0 Å². The van der Waals surface area contributed by atoms with E-state index in [0.29, 0.717) is 26.1 Å². The number of nitrogens with zero attached hydrogens (tertiary/aromatic N) is 1. The molecule has 1 aromatic carbocycles. The summed E-state index contributed by atoms with van der Waals surface area (Å²) < 4.78 is 17.4. The van der Waals surface area contributed by atoms with Gasteiger partial charge >= 0.3 is 0 Å². The van der Waals surface area contributed by atoms with E-state index in [2.05, 4.69) is 0 Å². The van der Waals surface area contributed by atoms with Gasteiger partial charge in [0.15, 0.2) is 0 Å². The minimum Gasteiger partial charge on any atom is -0.496 e. The number of carbonyl (C=O) groups is 1. The molecule has 2 heterocycles. The van der Waals surface area contributed by atoms with Crippen LogP contribution in [-0.4, -0.2) is 55.4 Å². The van der Waals surface area contributed by atoms with E-state index in [-0.39, 0.29) is 17.1 Å². The monoisotopic (exact) mass is 333 g/mol. The van der Waals surface area contributed by atoms with Crippen LogP contribution in [-0.2, 0) is 20.7 Å². The summed E-state index contributed by atoms with van der Waals surface area (Å²) in [5, 5.41) is 0. The van der Waals surface area contributed by atoms with Crippen LogP contribution in [0.5, 0.6) is 5.75 Å². The first kappa shape index (κ1) is 17.2. The molecular formula is C19H27NO4. The number of para-hydroxylation sites is 1. The number of ether oxygens (including phenoxy) is 3. The SMILES string of the molecule is COc1ccccc1CC(=O)N1CC(C)(C)OC2(CCCOC2)C1. The molecule has 1 spiro atoms. The summed E-state index contributed by atoms with van der Waals surface area (Å²) in [6.07, 6.45) is 2.26. The molecule has 2 saturated heterocycles. The minimum atomic E-state index is -0.366. The van der Waals surface area contributed by atoms with Gasteiger partial charge in [0.25, 0.3) is 0 Å². The standard InChI is InChI=1S/C19H27NO4/c1-18(2)12-20(13-19(24-18)9-6-10-23-14-19)17(21)11-15-7-4-5-8-16(15)22-3/h4-5,7-8H,6,9-14H2,1-3H3. The molecule has 24 heavy (non-hydrogen) atoms. The predicted octanol–water partition coefficient (Wildman–Crippen LogP) is 2.42. The molecule has 0 N–H and O–H groups in total. The second-order valence-corrected chi connectivity index (χ2v) is 7.44. The molecule has 1 aromatic rings. The molecule has 0 saturated carbocycles. The second-order valence-electron chi connectivity index (χ2n) is 7.44. The van der Waals surface area contributed by atoms with E-state index in [1.54, 1.807) is 7.11 Å². The van der Waals surface area contributed by atoms with Gasteiger partial charge in [-0.15, -0.1) is 0 Å². The topological polar surface area (TPSA) is 48.0 Å². The zero-order valence-corrected chi connectivity index (χ0v) is 14.8. The number of morpholine rings is 1. The van der Waals surface area contributed by atoms with Crippen LogP contribution >= 0.6 is 0 Å². The van der Waals surface area contributed by atoms with Gasteiger partial charge in [0.2, 0.25) is 5.91 Å². The van der Waals surface area contributed by atoms with E-state index < -0.39 is 0 Å². The number of amides is 1. The van der Waals surface area contributed by atoms with Crippen molar-refractivity contribution in [3.05, 3.63) is 29.8 Å². The van der Waals surface area contributed by atoms with Crippen molar-refractivity contribution in [3.63, 3.8) is 0 Å². The van der Waals surface area contributed by atoms with Gasteiger partial charge in [-0.05, 0) is 32.8 Å². The molecule has 3 rings (SSSR count). The number of rotatable bonds is 3. The third-order valence-corrected chi connectivity index (χ3v) is 4.72. The molecule has 2 aliphatic heterocycles. The van der Waals surface area contributed by atoms with Crippen molar-refractivity contribution in [2.75, 3.05) is 33.4 Å². The highest BCUT2D eigenvalue weighted by atomic mass is 16.6. The molecule has 1 atom stereocenters. The van der Waals surface area contributed by atoms with Crippen LogP contribution in [0.15, 0.2) is 24.3 Å². The smallest absolute Gasteiger partial charge is 0.227 e. The van der Waals surface area contributed by atoms with Crippen LogP contribution < -0.4 is 4.74 Å². The maximum absolute atomic E-state index is 12.9. The van der Waals surface area contributed by atoms with E-state index in [9.17, 15) is 4.79 Å². The van der Waals surface area contributed by atoms with Crippen molar-refractivity contribution in [2.24, 2.45) is 0 Å². The van der Waals surface area contributed by atoms with Crippen molar-refractivity contribution < 1.29 is 19.0 Å². The quantitative estimate of drug-likeness (QED) is 0.852. The number of carbonyl (C=O) groups excluding carboxylic acids is 1. The molecule has 2 fully saturated rings. The normalized spacial score (nSPS) is 26.4. The van der Waals surface area contributed by atoms with Gasteiger partial charge in [0.05, 0.1) is 32.3 Å². The molecule has 0 aliphatic carbocycles. The molecule has 0 radical (unpaired) electrons. The summed E-state index contributed by atoms with van der Waals surface area (Å²) in [6, 6.07) is 7.69. The van der Waals surface area contributed by atoms with Gasteiger partial charge in [-0.1, -0.05) is 18.2 Å². The average Bonchev–Trinajstić information content (AvgIpc) is 2.54. The van der Waals surface area contributed by atoms with E-state index in [0.717, 1.165) is 30.8 Å². The Hall–Kier alpha value is -1.59. The van der Waals surface area contributed by atoms with Gasteiger partial charge in [-0.2, -0.15) is 0 Å². The third-order valence-electron chi connectivity index (χ3n) is 4.72. The average molecular weight is 333 g/mol. The Labute approximate surface area is 143 Å². The summed E-state index contributed by atoms with van der Waals surface area (Å²) in [4.78, 5) is 14.9. The lowest BCUT2D eigenvalue weighted by Gasteiger charge is -2.51. The minimum absolute atomic E-state index is 0.112. The largest absolute Gasteiger partial charge is 0.496 e. The Morgan fingerprint density at radius 2 is 2.08 bits per heavy atom. The van der Waals surface area contributed by atoms with Gasteiger partial charge in [0.1, 0.15) is 11.4 Å². The van der Waals surface area contributed by atoms with Gasteiger partial charge < -0.3 is 19.1 Å². The van der Waals surface area contributed by atoms with Crippen LogP contribution in [0.3, 0.4) is 0 Å². The maximum Gasteiger partial charge on any atom is 0.227 e. The molecule has 1 unspecified atom stereocenters. The van der Waals surface area contributed by atoms with E-state index in [4.69, 9.17) is 14.2 Å². The Kier molecular flexibility index (Phi) is 4.83. The van der Waals surface area contributed by atoms with Crippen LogP contribution in [0.25, 0.3) is 0 Å². The van der Waals surface area contributed by atoms with Crippen molar-refractivity contribution in [2.45, 2.75) is 44.3 Å². The Bertz CT molecular complexity index is 593. The van der Waals surface area contributed by atoms with Gasteiger partial charge in [-0.25, -0.2) is 0 Å². The second kappa shape index (κ2) is 6.73. The number of hydrogen-bond donors (Lipinski definition) is 0. The summed E-state index contributed by atoms with van der Waals surface area (Å²) in [6.45, 7) is 6.64. The zero-order chi connectivity index (χ0) is 17.2. The number of hydrogen-bond acceptors (Lipinski definition) is 4. The predicted molar refractivity (Wildman–Crippen MR) is 91.2 cm³/mol. The summed E-state index contributed by atoms with van der Waals surface area (Å²) in [5.74, 6) is 0.870. The third kappa shape index (κ3) is 3.73. The molecule has 0 aromatic heterocycles. The van der Waals surface area contributed by atoms with Gasteiger partial charge in [0, 0.05) is 18.7 Å². The number of benzene rings is 1. The van der Waals surface area contributed by atoms with Crippen molar-refractivity contribution in [1.29, 1.82) is 0 Å². The lowest BCUT2D eigenvalue weighted by Crippen LogP contribution is -2.63. The maximum atomic E-state index is 12.9. The molecule has 1 amide bonds. The first-order chi connectivity index (χ1) is 11.4. The summed E-state index contributed by atoms with van der Waals surface area (Å²) in [5.41, 5.74) is 0.189. The van der Waals surface area contributed by atoms with Crippen molar-refractivity contribution >= 4 is 5.91 Å². The molecule has 132 valence electrons. The fourth-order valence-corrected chi connectivity index (χ4v) is 3.85. The first-order valence-corrected chi connectivity index (χ1v) is 8.61. The highest BCUT2D eigenvalue weighted by Gasteiger charge is 2.46. The van der Waals surface area contributed by atoms with Crippen molar-refractivity contribution in [3.8, 4) is 5.75 Å². The van der Waals surface area contributed by atoms with Crippen LogP contribution in [0.1, 0.15) is 32.3 Å². The van der Waals surface area contributed by atoms with Crippen LogP contribution in [0.2, 0.25) is 0 Å². The molecule has 5 heteroatoms. The molecular weight excluding hydrogens is 306 g/mol. The fraction of sp³-hybridized carbons (Fsp3) is 0.632. The van der Waals surface area contributed by atoms with E-state index in [1.807, 2.05) is 43.0 Å². The fourth-order valence-electron chi connectivity index (χ4n) is 3.85. The number of methoxy groups -OCH3 is 1. The Morgan fingerprint density at radius 3 is 2.79 bits per heavy atom. The Morgan fingerprint density at radius 1 is 1.29 bits per heavy atom. The molecule has 2 aliphatic rings. The van der Waals surface area contributed by atoms with E-state index >= 15 is 0 Å². The first-order valence-electron chi connectivity index (χ1n) is 8.61. The summed E-state index contributed by atoms with van der Waals surface area (Å²) >= 11 is 0. The van der Waals surface area contributed by atoms with E-state index in [1.165, 1.54) is 0 Å². The highest BCUT2D eigenvalue weighted by Crippen LogP contribution is 2.35. The van der Waals surface area contributed by atoms with Gasteiger partial charge in [-0.3, -0.25) is 4.79 Å². The molecule has 5 nitrogen and oxygen atoms in total. The zero-order valence-electron chi connectivity index (χ0n) is 14.8.